The van der Waals surface area contributed by atoms with Crippen molar-refractivity contribution in [3.63, 3.8) is 0 Å². The van der Waals surface area contributed by atoms with Crippen LogP contribution in [0.4, 0.5) is 5.69 Å². The molecular formula is C34H25N3O2. The van der Waals surface area contributed by atoms with Crippen LogP contribution in [0, 0.1) is 20.8 Å². The van der Waals surface area contributed by atoms with Gasteiger partial charge in [-0.2, -0.15) is 0 Å². The minimum Gasteiger partial charge on any atom is -0.308 e. The van der Waals surface area contributed by atoms with Crippen LogP contribution in [0.25, 0.3) is 38.6 Å². The highest BCUT2D eigenvalue weighted by Crippen LogP contribution is 2.41. The molecule has 0 unspecified atom stereocenters. The summed E-state index contributed by atoms with van der Waals surface area (Å²) in [6, 6.07) is 28.0. The molecule has 5 nitrogen and oxygen atoms in total. The first kappa shape index (κ1) is 23.1. The third-order valence-corrected chi connectivity index (χ3v) is 7.66. The maximum atomic E-state index is 14.2. The van der Waals surface area contributed by atoms with E-state index in [9.17, 15) is 9.59 Å². The minimum absolute atomic E-state index is 0.288. The van der Waals surface area contributed by atoms with Gasteiger partial charge in [0.05, 0.1) is 33.5 Å². The maximum Gasteiger partial charge on any atom is 0.268 e. The molecule has 0 atom stereocenters. The third kappa shape index (κ3) is 3.29. The molecule has 0 spiro atoms. The van der Waals surface area contributed by atoms with E-state index in [-0.39, 0.29) is 11.8 Å². The van der Waals surface area contributed by atoms with Gasteiger partial charge in [0.15, 0.2) is 0 Å². The highest BCUT2D eigenvalue weighted by atomic mass is 16.2. The summed E-state index contributed by atoms with van der Waals surface area (Å²) in [5.41, 5.74) is 9.14. The summed E-state index contributed by atoms with van der Waals surface area (Å²) < 4.78 is 2.12. The van der Waals surface area contributed by atoms with Gasteiger partial charge in [0.1, 0.15) is 0 Å². The lowest BCUT2D eigenvalue weighted by molar-refractivity contribution is 0.0925. The number of anilines is 1. The van der Waals surface area contributed by atoms with Crippen molar-refractivity contribution in [2.24, 2.45) is 0 Å². The molecule has 1 aliphatic rings. The largest absolute Gasteiger partial charge is 0.308 e. The molecule has 0 aliphatic carbocycles. The monoisotopic (exact) mass is 507 g/mol. The number of rotatable bonds is 3. The van der Waals surface area contributed by atoms with Gasteiger partial charge in [-0.3, -0.25) is 14.6 Å². The molecule has 0 fully saturated rings. The second-order valence-corrected chi connectivity index (χ2v) is 10.2. The van der Waals surface area contributed by atoms with Crippen LogP contribution in [0.1, 0.15) is 37.4 Å². The average molecular weight is 508 g/mol. The molecule has 0 saturated carbocycles. The van der Waals surface area contributed by atoms with Gasteiger partial charge < -0.3 is 4.57 Å². The number of nitrogens with zero attached hydrogens (tertiary/aromatic N) is 3. The van der Waals surface area contributed by atoms with Crippen LogP contribution in [-0.4, -0.2) is 21.4 Å². The van der Waals surface area contributed by atoms with Crippen molar-refractivity contribution in [2.45, 2.75) is 20.8 Å². The summed E-state index contributed by atoms with van der Waals surface area (Å²) in [5, 5.41) is 2.15. The van der Waals surface area contributed by atoms with E-state index in [0.29, 0.717) is 22.5 Å². The highest BCUT2D eigenvalue weighted by molar-refractivity contribution is 6.36. The number of para-hydroxylation sites is 1. The Morgan fingerprint density at radius 2 is 1.41 bits per heavy atom. The summed E-state index contributed by atoms with van der Waals surface area (Å²) in [4.78, 5) is 33.6. The molecule has 0 bridgehead atoms. The van der Waals surface area contributed by atoms with E-state index >= 15 is 0 Å². The molecule has 39 heavy (non-hydrogen) atoms. The van der Waals surface area contributed by atoms with Crippen LogP contribution in [0.5, 0.6) is 0 Å². The number of pyridine rings is 1. The third-order valence-electron chi connectivity index (χ3n) is 7.66. The fraction of sp³-hybridized carbons (Fsp3) is 0.0882. The van der Waals surface area contributed by atoms with E-state index in [4.69, 9.17) is 0 Å². The summed E-state index contributed by atoms with van der Waals surface area (Å²) in [5.74, 6) is -0.585. The number of amides is 2. The second-order valence-electron chi connectivity index (χ2n) is 10.2. The SMILES string of the molecule is Cc1cc(C)c(N2C(=O)c3cccc(-n4c5ccccc5c5c(-c6cccnc6)cccc54)c3C2=O)c(C)c1. The lowest BCUT2D eigenvalue weighted by atomic mass is 10.0. The second kappa shape index (κ2) is 8.50. The average Bonchev–Trinajstić information content (AvgIpc) is 3.41. The first-order valence-corrected chi connectivity index (χ1v) is 13.0. The number of imide groups is 1. The Labute approximate surface area is 226 Å². The van der Waals surface area contributed by atoms with Gasteiger partial charge in [0, 0.05) is 28.7 Å². The van der Waals surface area contributed by atoms with E-state index in [1.807, 2.05) is 75.5 Å². The molecule has 5 heteroatoms. The van der Waals surface area contributed by atoms with Gasteiger partial charge in [0.2, 0.25) is 0 Å². The van der Waals surface area contributed by atoms with E-state index in [2.05, 4.69) is 39.9 Å². The molecular weight excluding hydrogens is 482 g/mol. The molecule has 7 rings (SSSR count). The predicted molar refractivity (Wildman–Crippen MR) is 156 cm³/mol. The quantitative estimate of drug-likeness (QED) is 0.232. The van der Waals surface area contributed by atoms with Gasteiger partial charge in [-0.1, -0.05) is 60.2 Å². The number of hydrogen-bond donors (Lipinski definition) is 0. The molecule has 2 amide bonds. The van der Waals surface area contributed by atoms with Crippen LogP contribution in [-0.2, 0) is 0 Å². The van der Waals surface area contributed by atoms with E-state index in [1.165, 1.54) is 4.90 Å². The van der Waals surface area contributed by atoms with Crippen molar-refractivity contribution in [3.05, 3.63) is 125 Å². The maximum absolute atomic E-state index is 14.2. The Bertz CT molecular complexity index is 1960. The zero-order valence-corrected chi connectivity index (χ0v) is 21.9. The number of carbonyl (C=O) groups is 2. The van der Waals surface area contributed by atoms with Gasteiger partial charge in [0.25, 0.3) is 11.8 Å². The minimum atomic E-state index is -0.296. The molecule has 0 N–H and O–H groups in total. The standard InChI is InChI=1S/C34H25N3O2/c1-20-17-21(2)32(22(3)18-20)37-33(38)26-12-7-15-29(31(26)34(37)39)36-27-13-5-4-10-25(27)30-24(11-6-14-28(30)36)23-9-8-16-35-19-23/h4-19H,1-3H3. The number of aromatic nitrogens is 2. The van der Waals surface area contributed by atoms with Crippen LogP contribution < -0.4 is 4.90 Å². The predicted octanol–water partition coefficient (Wildman–Crippen LogP) is 7.57. The number of fused-ring (bicyclic) bond motifs is 4. The van der Waals surface area contributed by atoms with Gasteiger partial charge in [-0.15, -0.1) is 0 Å². The Morgan fingerprint density at radius 3 is 2.18 bits per heavy atom. The lowest BCUT2D eigenvalue weighted by Crippen LogP contribution is -2.31. The molecule has 0 saturated heterocycles. The lowest BCUT2D eigenvalue weighted by Gasteiger charge is -2.20. The number of carbonyl (C=O) groups excluding carboxylic acids is 2. The van der Waals surface area contributed by atoms with Gasteiger partial charge >= 0.3 is 0 Å². The molecule has 188 valence electrons. The Morgan fingerprint density at radius 1 is 0.692 bits per heavy atom. The van der Waals surface area contributed by atoms with Gasteiger partial charge in [-0.25, -0.2) is 4.90 Å². The van der Waals surface area contributed by atoms with E-state index in [0.717, 1.165) is 49.6 Å². The summed E-state index contributed by atoms with van der Waals surface area (Å²) in [7, 11) is 0. The van der Waals surface area contributed by atoms with Crippen LogP contribution in [0.15, 0.2) is 97.3 Å². The van der Waals surface area contributed by atoms with Crippen molar-refractivity contribution in [1.29, 1.82) is 0 Å². The molecule has 2 aromatic heterocycles. The molecule has 6 aromatic rings. The molecule has 0 radical (unpaired) electrons. The van der Waals surface area contributed by atoms with E-state index < -0.39 is 0 Å². The summed E-state index contributed by atoms with van der Waals surface area (Å²) in [6.07, 6.45) is 3.64. The number of aryl methyl sites for hydroxylation is 3. The van der Waals surface area contributed by atoms with Crippen LogP contribution >= 0.6 is 0 Å². The van der Waals surface area contributed by atoms with Crippen molar-refractivity contribution >= 4 is 39.3 Å². The first-order valence-electron chi connectivity index (χ1n) is 13.0. The van der Waals surface area contributed by atoms with Crippen molar-refractivity contribution in [1.82, 2.24) is 9.55 Å². The fourth-order valence-corrected chi connectivity index (χ4v) is 6.22. The summed E-state index contributed by atoms with van der Waals surface area (Å²) >= 11 is 0. The summed E-state index contributed by atoms with van der Waals surface area (Å²) in [6.45, 7) is 5.92. The molecule has 3 heterocycles. The Balaban J connectivity index is 1.51. The zero-order chi connectivity index (χ0) is 26.8. The van der Waals surface area contributed by atoms with Gasteiger partial charge in [-0.05, 0) is 67.8 Å². The van der Waals surface area contributed by atoms with Crippen molar-refractivity contribution in [3.8, 4) is 16.8 Å². The van der Waals surface area contributed by atoms with Crippen LogP contribution in [0.2, 0.25) is 0 Å². The normalized spacial score (nSPS) is 13.1. The molecule has 4 aromatic carbocycles. The first-order chi connectivity index (χ1) is 19.0. The highest BCUT2D eigenvalue weighted by Gasteiger charge is 2.40. The topological polar surface area (TPSA) is 55.2 Å². The Kier molecular flexibility index (Phi) is 5.04. The number of hydrogen-bond acceptors (Lipinski definition) is 3. The van der Waals surface area contributed by atoms with Crippen molar-refractivity contribution < 1.29 is 9.59 Å². The smallest absolute Gasteiger partial charge is 0.268 e. The van der Waals surface area contributed by atoms with Crippen LogP contribution in [0.3, 0.4) is 0 Å². The van der Waals surface area contributed by atoms with Crippen molar-refractivity contribution in [2.75, 3.05) is 4.90 Å². The number of benzene rings is 4. The zero-order valence-electron chi connectivity index (χ0n) is 21.9. The van der Waals surface area contributed by atoms with E-state index in [1.54, 1.807) is 12.3 Å². The Hall–Kier alpha value is -5.03. The fourth-order valence-electron chi connectivity index (χ4n) is 6.22. The molecule has 1 aliphatic heterocycles.